The molecule has 3 heteroatoms. The van der Waals surface area contributed by atoms with E-state index < -0.39 is 0 Å². The molecule has 0 saturated heterocycles. The number of rotatable bonds is 4. The minimum Gasteiger partial charge on any atom is -0.319 e. The number of nitrogens with zero attached hydrogens (tertiary/aromatic N) is 2. The molecule has 0 amide bonds. The number of benzene rings is 1. The fourth-order valence-electron chi connectivity index (χ4n) is 2.09. The number of hydrogen-bond donors (Lipinski definition) is 1. The number of likely N-dealkylation sites (N-methyl/N-ethyl adjacent to an activating group) is 1. The molecule has 0 saturated carbocycles. The number of aromatic nitrogens is 2. The highest BCUT2D eigenvalue weighted by atomic mass is 15.3. The van der Waals surface area contributed by atoms with Crippen LogP contribution < -0.4 is 5.32 Å². The van der Waals surface area contributed by atoms with Gasteiger partial charge in [0.05, 0.1) is 11.4 Å². The van der Waals surface area contributed by atoms with Crippen LogP contribution in [0.1, 0.15) is 22.4 Å². The zero-order valence-electron chi connectivity index (χ0n) is 11.6. The van der Waals surface area contributed by atoms with E-state index in [2.05, 4.69) is 55.6 Å². The summed E-state index contributed by atoms with van der Waals surface area (Å²) in [5.74, 6) is 0. The fourth-order valence-corrected chi connectivity index (χ4v) is 2.09. The lowest BCUT2D eigenvalue weighted by molar-refractivity contribution is 0.788. The van der Waals surface area contributed by atoms with Crippen molar-refractivity contribution in [3.63, 3.8) is 0 Å². The monoisotopic (exact) mass is 243 g/mol. The van der Waals surface area contributed by atoms with Gasteiger partial charge in [0.15, 0.2) is 0 Å². The zero-order chi connectivity index (χ0) is 13.1. The molecule has 0 aliphatic rings. The summed E-state index contributed by atoms with van der Waals surface area (Å²) in [6.45, 7) is 7.30. The summed E-state index contributed by atoms with van der Waals surface area (Å²) < 4.78 is 2.00. The summed E-state index contributed by atoms with van der Waals surface area (Å²) in [6, 6.07) is 6.47. The van der Waals surface area contributed by atoms with Crippen LogP contribution in [0.5, 0.6) is 0 Å². The second-order valence-corrected chi connectivity index (χ2v) is 4.83. The van der Waals surface area contributed by atoms with E-state index >= 15 is 0 Å². The topological polar surface area (TPSA) is 29.9 Å². The SMILES string of the molecule is CNCCc1cn(-c2cc(C)ccc2C)nc1C. The minimum absolute atomic E-state index is 0.985. The summed E-state index contributed by atoms with van der Waals surface area (Å²) in [6.07, 6.45) is 3.17. The Morgan fingerprint density at radius 3 is 2.72 bits per heavy atom. The average molecular weight is 243 g/mol. The van der Waals surface area contributed by atoms with Crippen LogP contribution in [0.2, 0.25) is 0 Å². The van der Waals surface area contributed by atoms with Crippen molar-refractivity contribution >= 4 is 0 Å². The van der Waals surface area contributed by atoms with Gasteiger partial charge in [-0.1, -0.05) is 12.1 Å². The second-order valence-electron chi connectivity index (χ2n) is 4.83. The summed E-state index contributed by atoms with van der Waals surface area (Å²) in [7, 11) is 1.98. The molecule has 18 heavy (non-hydrogen) atoms. The first-order chi connectivity index (χ1) is 8.61. The van der Waals surface area contributed by atoms with Crippen molar-refractivity contribution in [2.45, 2.75) is 27.2 Å². The lowest BCUT2D eigenvalue weighted by Gasteiger charge is -2.06. The molecule has 0 aliphatic heterocycles. The lowest BCUT2D eigenvalue weighted by Crippen LogP contribution is -2.10. The molecular formula is C15H21N3. The predicted octanol–water partition coefficient (Wildman–Crippen LogP) is 2.56. The molecule has 96 valence electrons. The molecule has 0 aliphatic carbocycles. The number of hydrogen-bond acceptors (Lipinski definition) is 2. The molecule has 0 unspecified atom stereocenters. The first kappa shape index (κ1) is 12.8. The van der Waals surface area contributed by atoms with Crippen LogP contribution in [0, 0.1) is 20.8 Å². The molecule has 0 spiro atoms. The van der Waals surface area contributed by atoms with Gasteiger partial charge in [-0.15, -0.1) is 0 Å². The van der Waals surface area contributed by atoms with Crippen molar-refractivity contribution in [1.29, 1.82) is 0 Å². The standard InChI is InChI=1S/C15H21N3/c1-11-5-6-12(2)15(9-11)18-10-14(7-8-16-4)13(3)17-18/h5-6,9-10,16H,7-8H2,1-4H3. The van der Waals surface area contributed by atoms with Crippen LogP contribution in [-0.4, -0.2) is 23.4 Å². The molecule has 2 rings (SSSR count). The van der Waals surface area contributed by atoms with Crippen LogP contribution in [-0.2, 0) is 6.42 Å². The van der Waals surface area contributed by atoms with Gasteiger partial charge in [0.25, 0.3) is 0 Å². The van der Waals surface area contributed by atoms with Gasteiger partial charge >= 0.3 is 0 Å². The van der Waals surface area contributed by atoms with E-state index in [1.807, 2.05) is 11.7 Å². The molecule has 0 bridgehead atoms. The van der Waals surface area contributed by atoms with E-state index in [0.717, 1.165) is 18.7 Å². The van der Waals surface area contributed by atoms with Gasteiger partial charge in [-0.3, -0.25) is 0 Å². The predicted molar refractivity (Wildman–Crippen MR) is 75.4 cm³/mol. The quantitative estimate of drug-likeness (QED) is 0.894. The fraction of sp³-hybridized carbons (Fsp3) is 0.400. The van der Waals surface area contributed by atoms with Gasteiger partial charge in [-0.05, 0) is 63.5 Å². The normalized spacial score (nSPS) is 10.9. The molecule has 3 nitrogen and oxygen atoms in total. The molecule has 2 aromatic rings. The van der Waals surface area contributed by atoms with Gasteiger partial charge in [0, 0.05) is 6.20 Å². The van der Waals surface area contributed by atoms with Crippen molar-refractivity contribution in [2.24, 2.45) is 0 Å². The maximum atomic E-state index is 4.62. The highest BCUT2D eigenvalue weighted by molar-refractivity contribution is 5.43. The van der Waals surface area contributed by atoms with Crippen molar-refractivity contribution in [1.82, 2.24) is 15.1 Å². The van der Waals surface area contributed by atoms with E-state index in [4.69, 9.17) is 0 Å². The molecule has 0 radical (unpaired) electrons. The molecule has 1 aromatic carbocycles. The van der Waals surface area contributed by atoms with Gasteiger partial charge in [-0.2, -0.15) is 5.10 Å². The van der Waals surface area contributed by atoms with Gasteiger partial charge in [0.2, 0.25) is 0 Å². The Hall–Kier alpha value is -1.61. The van der Waals surface area contributed by atoms with Crippen molar-refractivity contribution < 1.29 is 0 Å². The van der Waals surface area contributed by atoms with E-state index in [1.54, 1.807) is 0 Å². The van der Waals surface area contributed by atoms with Crippen molar-refractivity contribution in [2.75, 3.05) is 13.6 Å². The molecule has 0 atom stereocenters. The third kappa shape index (κ3) is 2.62. The van der Waals surface area contributed by atoms with Crippen LogP contribution >= 0.6 is 0 Å². The first-order valence-electron chi connectivity index (χ1n) is 6.39. The van der Waals surface area contributed by atoms with E-state index in [1.165, 1.54) is 22.4 Å². The largest absolute Gasteiger partial charge is 0.319 e. The average Bonchev–Trinajstić information content (AvgIpc) is 2.71. The van der Waals surface area contributed by atoms with Gasteiger partial charge in [0.1, 0.15) is 0 Å². The van der Waals surface area contributed by atoms with Crippen LogP contribution in [0.15, 0.2) is 24.4 Å². The smallest absolute Gasteiger partial charge is 0.0677 e. The van der Waals surface area contributed by atoms with E-state index in [9.17, 15) is 0 Å². The minimum atomic E-state index is 0.985. The van der Waals surface area contributed by atoms with E-state index in [0.29, 0.717) is 0 Å². The Morgan fingerprint density at radius 1 is 1.22 bits per heavy atom. The zero-order valence-corrected chi connectivity index (χ0v) is 11.6. The third-order valence-electron chi connectivity index (χ3n) is 3.26. The van der Waals surface area contributed by atoms with Crippen molar-refractivity contribution in [3.05, 3.63) is 46.8 Å². The molecular weight excluding hydrogens is 222 g/mol. The molecule has 1 aromatic heterocycles. The van der Waals surface area contributed by atoms with Gasteiger partial charge in [-0.25, -0.2) is 4.68 Å². The van der Waals surface area contributed by atoms with E-state index in [-0.39, 0.29) is 0 Å². The molecule has 1 heterocycles. The van der Waals surface area contributed by atoms with Crippen LogP contribution in [0.25, 0.3) is 5.69 Å². The number of aryl methyl sites for hydroxylation is 3. The summed E-state index contributed by atoms with van der Waals surface area (Å²) in [5.41, 5.74) is 6.12. The summed E-state index contributed by atoms with van der Waals surface area (Å²) in [5, 5.41) is 7.80. The summed E-state index contributed by atoms with van der Waals surface area (Å²) in [4.78, 5) is 0. The first-order valence-corrected chi connectivity index (χ1v) is 6.39. The second kappa shape index (κ2) is 5.36. The Morgan fingerprint density at radius 2 is 2.00 bits per heavy atom. The highest BCUT2D eigenvalue weighted by Gasteiger charge is 2.07. The Balaban J connectivity index is 2.36. The summed E-state index contributed by atoms with van der Waals surface area (Å²) >= 11 is 0. The molecule has 0 fully saturated rings. The van der Waals surface area contributed by atoms with Crippen molar-refractivity contribution in [3.8, 4) is 5.69 Å². The van der Waals surface area contributed by atoms with Gasteiger partial charge < -0.3 is 5.32 Å². The maximum absolute atomic E-state index is 4.62. The molecule has 1 N–H and O–H groups in total. The number of nitrogens with one attached hydrogen (secondary N) is 1. The van der Waals surface area contributed by atoms with Crippen LogP contribution in [0.4, 0.5) is 0 Å². The third-order valence-corrected chi connectivity index (χ3v) is 3.26. The Kier molecular flexibility index (Phi) is 3.82. The highest BCUT2D eigenvalue weighted by Crippen LogP contribution is 2.17. The lowest BCUT2D eigenvalue weighted by atomic mass is 10.1. The Labute approximate surface area is 109 Å². The maximum Gasteiger partial charge on any atom is 0.0677 e. The Bertz CT molecular complexity index is 541. The van der Waals surface area contributed by atoms with Crippen LogP contribution in [0.3, 0.4) is 0 Å².